The third-order valence-electron chi connectivity index (χ3n) is 6.28. The molecule has 0 saturated carbocycles. The Morgan fingerprint density at radius 2 is 1.54 bits per heavy atom. The molecule has 0 spiro atoms. The normalized spacial score (nSPS) is 11.8. The molecule has 0 aliphatic carbocycles. The predicted octanol–water partition coefficient (Wildman–Crippen LogP) is 7.09. The maximum Gasteiger partial charge on any atom is 0.349 e. The van der Waals surface area contributed by atoms with Crippen LogP contribution in [-0.2, 0) is 4.79 Å². The van der Waals surface area contributed by atoms with Gasteiger partial charge in [0.25, 0.3) is 0 Å². The zero-order valence-electron chi connectivity index (χ0n) is 20.7. The Bertz CT molecular complexity index is 1480. The lowest BCUT2D eigenvalue weighted by molar-refractivity contribution is -0.145. The molecule has 0 amide bonds. The second-order valence-electron chi connectivity index (χ2n) is 8.87. The Balaban J connectivity index is 1.36. The van der Waals surface area contributed by atoms with E-state index in [1.165, 1.54) is 0 Å². The summed E-state index contributed by atoms with van der Waals surface area (Å²) in [5.41, 5.74) is 5.55. The monoisotopic (exact) mass is 491 g/mol. The molecule has 2 N–H and O–H groups in total. The summed E-state index contributed by atoms with van der Waals surface area (Å²) in [5, 5.41) is 13.2. The van der Waals surface area contributed by atoms with Gasteiger partial charge < -0.3 is 15.2 Å². The molecular formula is C31H29N3O3. The number of carbonyl (C=O) groups is 1. The molecule has 0 radical (unpaired) electrons. The van der Waals surface area contributed by atoms with Crippen LogP contribution in [0.4, 0.5) is 5.82 Å². The van der Waals surface area contributed by atoms with Crippen molar-refractivity contribution in [3.05, 3.63) is 109 Å². The number of nitrogens with zero attached hydrogens (tertiary/aromatic N) is 2. The number of aliphatic carboxylic acids is 1. The Hall–Kier alpha value is -4.58. The van der Waals surface area contributed by atoms with E-state index in [2.05, 4.69) is 40.9 Å². The Kier molecular flexibility index (Phi) is 7.17. The van der Waals surface area contributed by atoms with E-state index in [1.54, 1.807) is 36.4 Å². The van der Waals surface area contributed by atoms with Gasteiger partial charge in [-0.05, 0) is 41.8 Å². The van der Waals surface area contributed by atoms with E-state index in [1.807, 2.05) is 42.6 Å². The van der Waals surface area contributed by atoms with Gasteiger partial charge in [0.15, 0.2) is 0 Å². The summed E-state index contributed by atoms with van der Waals surface area (Å²) < 4.78 is 7.89. The highest BCUT2D eigenvalue weighted by atomic mass is 16.5. The standard InChI is InChI=1S/C31H29N3O3/c1-2-3-20-32-30-28(33-27-11-7-8-21-34(27)30)24-14-12-22(13-15-24)23-16-18-26(19-17-23)37-29(31(35)36)25-9-5-4-6-10-25/h4-19,21,29,32H,2-3,20H2,1H3,(H,35,36). The highest BCUT2D eigenvalue weighted by molar-refractivity contribution is 5.78. The average Bonchev–Trinajstić information content (AvgIpc) is 3.31. The number of carboxylic acid groups (broad SMARTS) is 1. The van der Waals surface area contributed by atoms with E-state index in [-0.39, 0.29) is 0 Å². The zero-order valence-corrected chi connectivity index (χ0v) is 20.7. The molecule has 1 unspecified atom stereocenters. The number of fused-ring (bicyclic) bond motifs is 1. The van der Waals surface area contributed by atoms with E-state index in [0.29, 0.717) is 11.3 Å². The molecule has 2 heterocycles. The van der Waals surface area contributed by atoms with Gasteiger partial charge in [0, 0.05) is 23.9 Å². The van der Waals surface area contributed by atoms with Crippen LogP contribution >= 0.6 is 0 Å². The predicted molar refractivity (Wildman–Crippen MR) is 147 cm³/mol. The molecule has 1 atom stereocenters. The SMILES string of the molecule is CCCCNc1c(-c2ccc(-c3ccc(OC(C(=O)O)c4ccccc4)cc3)cc2)nc2ccccn12. The second-order valence-corrected chi connectivity index (χ2v) is 8.87. The number of aromatic nitrogens is 2. The van der Waals surface area contributed by atoms with E-state index in [4.69, 9.17) is 9.72 Å². The van der Waals surface area contributed by atoms with Crippen molar-refractivity contribution < 1.29 is 14.6 Å². The molecule has 0 fully saturated rings. The number of rotatable bonds is 10. The summed E-state index contributed by atoms with van der Waals surface area (Å²) in [7, 11) is 0. The first-order valence-electron chi connectivity index (χ1n) is 12.5. The van der Waals surface area contributed by atoms with Gasteiger partial charge in [0.1, 0.15) is 22.9 Å². The molecule has 0 saturated heterocycles. The van der Waals surface area contributed by atoms with Gasteiger partial charge in [-0.1, -0.05) is 86.1 Å². The van der Waals surface area contributed by atoms with Crippen LogP contribution in [0.15, 0.2) is 103 Å². The van der Waals surface area contributed by atoms with Crippen molar-refractivity contribution in [3.63, 3.8) is 0 Å². The van der Waals surface area contributed by atoms with Gasteiger partial charge in [-0.25, -0.2) is 9.78 Å². The minimum Gasteiger partial charge on any atom is -0.478 e. The van der Waals surface area contributed by atoms with E-state index in [9.17, 15) is 9.90 Å². The number of nitrogens with one attached hydrogen (secondary N) is 1. The van der Waals surface area contributed by atoms with Gasteiger partial charge in [0.05, 0.1) is 0 Å². The largest absolute Gasteiger partial charge is 0.478 e. The van der Waals surface area contributed by atoms with Crippen LogP contribution in [0.2, 0.25) is 0 Å². The average molecular weight is 492 g/mol. The Morgan fingerprint density at radius 1 is 0.892 bits per heavy atom. The van der Waals surface area contributed by atoms with Crippen molar-refractivity contribution in [2.75, 3.05) is 11.9 Å². The fraction of sp³-hybridized carbons (Fsp3) is 0.161. The molecule has 3 aromatic carbocycles. The molecule has 0 aliphatic heterocycles. The fourth-order valence-corrected chi connectivity index (χ4v) is 4.32. The molecular weight excluding hydrogens is 462 g/mol. The molecule has 5 aromatic rings. The van der Waals surface area contributed by atoms with Gasteiger partial charge >= 0.3 is 5.97 Å². The van der Waals surface area contributed by atoms with Crippen LogP contribution in [0.5, 0.6) is 5.75 Å². The highest BCUT2D eigenvalue weighted by Crippen LogP contribution is 2.32. The van der Waals surface area contributed by atoms with E-state index in [0.717, 1.165) is 53.2 Å². The minimum atomic E-state index is -1.06. The lowest BCUT2D eigenvalue weighted by Crippen LogP contribution is -2.18. The number of ether oxygens (including phenoxy) is 1. The van der Waals surface area contributed by atoms with Crippen molar-refractivity contribution in [2.45, 2.75) is 25.9 Å². The number of benzene rings is 3. The zero-order chi connectivity index (χ0) is 25.6. The molecule has 186 valence electrons. The molecule has 2 aromatic heterocycles. The first kappa shape index (κ1) is 24.1. The van der Waals surface area contributed by atoms with Crippen molar-refractivity contribution in [3.8, 4) is 28.1 Å². The molecule has 37 heavy (non-hydrogen) atoms. The lowest BCUT2D eigenvalue weighted by Gasteiger charge is -2.15. The van der Waals surface area contributed by atoms with E-state index >= 15 is 0 Å². The molecule has 0 aliphatic rings. The van der Waals surface area contributed by atoms with Gasteiger partial charge in [0.2, 0.25) is 6.10 Å². The second kappa shape index (κ2) is 11.0. The number of carboxylic acids is 1. The first-order chi connectivity index (χ1) is 18.1. The Labute approximate surface area is 216 Å². The summed E-state index contributed by atoms with van der Waals surface area (Å²) >= 11 is 0. The van der Waals surface area contributed by atoms with Crippen LogP contribution in [0.1, 0.15) is 31.4 Å². The first-order valence-corrected chi connectivity index (χ1v) is 12.5. The summed E-state index contributed by atoms with van der Waals surface area (Å²) in [6.07, 6.45) is 3.19. The number of pyridine rings is 1. The van der Waals surface area contributed by atoms with Crippen LogP contribution in [0, 0.1) is 0 Å². The van der Waals surface area contributed by atoms with Crippen molar-refractivity contribution in [1.29, 1.82) is 0 Å². The molecule has 0 bridgehead atoms. The van der Waals surface area contributed by atoms with E-state index < -0.39 is 12.1 Å². The van der Waals surface area contributed by atoms with Gasteiger partial charge in [-0.15, -0.1) is 0 Å². The Morgan fingerprint density at radius 3 is 2.22 bits per heavy atom. The summed E-state index contributed by atoms with van der Waals surface area (Å²) in [4.78, 5) is 16.6. The van der Waals surface area contributed by atoms with Crippen LogP contribution in [-0.4, -0.2) is 27.0 Å². The van der Waals surface area contributed by atoms with Gasteiger partial charge in [-0.3, -0.25) is 4.40 Å². The third-order valence-corrected chi connectivity index (χ3v) is 6.28. The van der Waals surface area contributed by atoms with Crippen LogP contribution in [0.25, 0.3) is 28.0 Å². The summed E-state index contributed by atoms with van der Waals surface area (Å²) in [5.74, 6) is 0.482. The highest BCUT2D eigenvalue weighted by Gasteiger charge is 2.21. The maximum absolute atomic E-state index is 11.8. The van der Waals surface area contributed by atoms with Crippen LogP contribution < -0.4 is 10.1 Å². The maximum atomic E-state index is 11.8. The summed E-state index contributed by atoms with van der Waals surface area (Å²) in [6.45, 7) is 3.08. The van der Waals surface area contributed by atoms with Crippen molar-refractivity contribution >= 4 is 17.4 Å². The van der Waals surface area contributed by atoms with Crippen molar-refractivity contribution in [1.82, 2.24) is 9.38 Å². The smallest absolute Gasteiger partial charge is 0.349 e. The third kappa shape index (κ3) is 5.33. The molecule has 5 rings (SSSR count). The topological polar surface area (TPSA) is 75.9 Å². The number of anilines is 1. The summed E-state index contributed by atoms with van der Waals surface area (Å²) in [6, 6.07) is 30.8. The van der Waals surface area contributed by atoms with Crippen LogP contribution in [0.3, 0.4) is 0 Å². The number of hydrogen-bond acceptors (Lipinski definition) is 4. The van der Waals surface area contributed by atoms with Crippen molar-refractivity contribution in [2.24, 2.45) is 0 Å². The number of unbranched alkanes of at least 4 members (excludes halogenated alkanes) is 1. The van der Waals surface area contributed by atoms with Gasteiger partial charge in [-0.2, -0.15) is 0 Å². The lowest BCUT2D eigenvalue weighted by atomic mass is 10.0. The molecule has 6 heteroatoms. The number of hydrogen-bond donors (Lipinski definition) is 2. The minimum absolute atomic E-state index is 0.504. The number of imidazole rings is 1. The fourth-order valence-electron chi connectivity index (χ4n) is 4.32. The quantitative estimate of drug-likeness (QED) is 0.204. The molecule has 6 nitrogen and oxygen atoms in total.